The van der Waals surface area contributed by atoms with Crippen molar-refractivity contribution >= 4 is 6.09 Å². The molecule has 5 heteroatoms. The van der Waals surface area contributed by atoms with Crippen LogP contribution in [0.25, 0.3) is 0 Å². The third-order valence-electron chi connectivity index (χ3n) is 2.90. The van der Waals surface area contributed by atoms with Crippen molar-refractivity contribution in [2.24, 2.45) is 5.92 Å². The van der Waals surface area contributed by atoms with Crippen LogP contribution in [-0.2, 0) is 4.74 Å². The highest BCUT2D eigenvalue weighted by Crippen LogP contribution is 2.17. The lowest BCUT2D eigenvalue weighted by Gasteiger charge is -2.22. The zero-order valence-electron chi connectivity index (χ0n) is 8.11. The van der Waals surface area contributed by atoms with Crippen LogP contribution in [0.3, 0.4) is 0 Å². The van der Waals surface area contributed by atoms with Crippen LogP contribution in [0.4, 0.5) is 4.79 Å². The fraction of sp³-hybridized carbons (Fsp3) is 0.889. The standard InChI is InChI=1S/C9H16N2O3/c12-5-8-6-14-9(13)11(8)4-7-1-2-10-3-7/h7-8,10,12H,1-6H2. The molecule has 80 valence electrons. The number of aliphatic hydroxyl groups is 1. The van der Waals surface area contributed by atoms with Gasteiger partial charge >= 0.3 is 6.09 Å². The van der Waals surface area contributed by atoms with Gasteiger partial charge in [-0.05, 0) is 25.4 Å². The minimum atomic E-state index is -0.282. The lowest BCUT2D eigenvalue weighted by molar-refractivity contribution is 0.146. The van der Waals surface area contributed by atoms with Crippen molar-refractivity contribution in [3.8, 4) is 0 Å². The number of nitrogens with zero attached hydrogens (tertiary/aromatic N) is 1. The van der Waals surface area contributed by atoms with Crippen molar-refractivity contribution in [1.82, 2.24) is 10.2 Å². The smallest absolute Gasteiger partial charge is 0.410 e. The molecule has 2 aliphatic rings. The molecule has 2 fully saturated rings. The lowest BCUT2D eigenvalue weighted by Crippen LogP contribution is -2.39. The summed E-state index contributed by atoms with van der Waals surface area (Å²) in [6.07, 6.45) is 0.818. The molecule has 14 heavy (non-hydrogen) atoms. The Labute approximate surface area is 83.0 Å². The van der Waals surface area contributed by atoms with E-state index < -0.39 is 0 Å². The Morgan fingerprint density at radius 3 is 3.14 bits per heavy atom. The number of hydrogen-bond acceptors (Lipinski definition) is 4. The van der Waals surface area contributed by atoms with Crippen LogP contribution in [0.15, 0.2) is 0 Å². The van der Waals surface area contributed by atoms with Crippen molar-refractivity contribution in [2.45, 2.75) is 12.5 Å². The summed E-state index contributed by atoms with van der Waals surface area (Å²) in [5, 5.41) is 12.3. The van der Waals surface area contributed by atoms with E-state index in [2.05, 4.69) is 5.32 Å². The van der Waals surface area contributed by atoms with Crippen molar-refractivity contribution in [2.75, 3.05) is 32.8 Å². The first-order chi connectivity index (χ1) is 6.81. The Balaban J connectivity index is 1.90. The molecule has 0 radical (unpaired) electrons. The van der Waals surface area contributed by atoms with E-state index in [0.29, 0.717) is 19.1 Å². The Morgan fingerprint density at radius 2 is 2.50 bits per heavy atom. The molecule has 5 nitrogen and oxygen atoms in total. The third kappa shape index (κ3) is 1.83. The van der Waals surface area contributed by atoms with Crippen LogP contribution >= 0.6 is 0 Å². The first kappa shape index (κ1) is 9.73. The predicted octanol–water partition coefficient (Wildman–Crippen LogP) is -0.591. The maximum atomic E-state index is 11.3. The molecule has 2 saturated heterocycles. The van der Waals surface area contributed by atoms with E-state index in [0.717, 1.165) is 19.5 Å². The van der Waals surface area contributed by atoms with E-state index in [9.17, 15) is 4.79 Å². The lowest BCUT2D eigenvalue weighted by atomic mass is 10.1. The molecule has 0 spiro atoms. The van der Waals surface area contributed by atoms with Crippen molar-refractivity contribution in [3.63, 3.8) is 0 Å². The summed E-state index contributed by atoms with van der Waals surface area (Å²) in [6.45, 7) is 3.01. The Bertz CT molecular complexity index is 216. The highest BCUT2D eigenvalue weighted by atomic mass is 16.6. The Hall–Kier alpha value is -0.810. The summed E-state index contributed by atoms with van der Waals surface area (Å²) in [4.78, 5) is 13.0. The second kappa shape index (κ2) is 4.14. The van der Waals surface area contributed by atoms with Gasteiger partial charge in [-0.2, -0.15) is 0 Å². The molecule has 0 aromatic carbocycles. The summed E-state index contributed by atoms with van der Waals surface area (Å²) in [5.41, 5.74) is 0. The Morgan fingerprint density at radius 1 is 1.64 bits per heavy atom. The first-order valence-corrected chi connectivity index (χ1v) is 5.06. The maximum Gasteiger partial charge on any atom is 0.410 e. The van der Waals surface area contributed by atoms with Gasteiger partial charge in [-0.15, -0.1) is 0 Å². The van der Waals surface area contributed by atoms with Gasteiger partial charge in [0.15, 0.2) is 0 Å². The van der Waals surface area contributed by atoms with E-state index in [1.165, 1.54) is 0 Å². The van der Waals surface area contributed by atoms with Crippen LogP contribution in [0.5, 0.6) is 0 Å². The second-order valence-corrected chi connectivity index (χ2v) is 3.92. The van der Waals surface area contributed by atoms with Crippen LogP contribution in [0.1, 0.15) is 6.42 Å². The number of aliphatic hydroxyl groups excluding tert-OH is 1. The number of cyclic esters (lactones) is 1. The van der Waals surface area contributed by atoms with Crippen molar-refractivity contribution < 1.29 is 14.6 Å². The molecule has 0 aromatic heterocycles. The zero-order valence-corrected chi connectivity index (χ0v) is 8.11. The maximum absolute atomic E-state index is 11.3. The largest absolute Gasteiger partial charge is 0.447 e. The summed E-state index contributed by atoms with van der Waals surface area (Å²) in [6, 6.07) is -0.136. The summed E-state index contributed by atoms with van der Waals surface area (Å²) in [5.74, 6) is 0.509. The molecule has 2 aliphatic heterocycles. The molecule has 2 atom stereocenters. The normalized spacial score (nSPS) is 32.4. The molecule has 2 rings (SSSR count). The molecular formula is C9H16N2O3. The second-order valence-electron chi connectivity index (χ2n) is 3.92. The molecule has 2 heterocycles. The number of carbonyl (C=O) groups is 1. The molecule has 0 aliphatic carbocycles. The number of ether oxygens (including phenoxy) is 1. The quantitative estimate of drug-likeness (QED) is 0.639. The van der Waals surface area contributed by atoms with Crippen molar-refractivity contribution in [3.05, 3.63) is 0 Å². The Kier molecular flexibility index (Phi) is 2.88. The molecule has 1 amide bonds. The predicted molar refractivity (Wildman–Crippen MR) is 49.9 cm³/mol. The topological polar surface area (TPSA) is 61.8 Å². The van der Waals surface area contributed by atoms with E-state index in [4.69, 9.17) is 9.84 Å². The third-order valence-corrected chi connectivity index (χ3v) is 2.90. The van der Waals surface area contributed by atoms with Crippen LogP contribution in [0.2, 0.25) is 0 Å². The average molecular weight is 200 g/mol. The van der Waals surface area contributed by atoms with E-state index in [1.54, 1.807) is 4.90 Å². The van der Waals surface area contributed by atoms with Crippen molar-refractivity contribution in [1.29, 1.82) is 0 Å². The van der Waals surface area contributed by atoms with Crippen LogP contribution in [0, 0.1) is 5.92 Å². The number of carbonyl (C=O) groups excluding carboxylic acids is 1. The van der Waals surface area contributed by atoms with Gasteiger partial charge in [0, 0.05) is 6.54 Å². The number of amides is 1. The van der Waals surface area contributed by atoms with Gasteiger partial charge in [0.2, 0.25) is 0 Å². The first-order valence-electron chi connectivity index (χ1n) is 5.06. The molecule has 2 unspecified atom stereocenters. The molecule has 0 saturated carbocycles. The number of hydrogen-bond donors (Lipinski definition) is 2. The van der Waals surface area contributed by atoms with Gasteiger partial charge in [-0.3, -0.25) is 4.90 Å². The van der Waals surface area contributed by atoms with Gasteiger partial charge in [0.05, 0.1) is 12.6 Å². The van der Waals surface area contributed by atoms with E-state index in [-0.39, 0.29) is 18.7 Å². The number of nitrogens with one attached hydrogen (secondary N) is 1. The molecule has 2 N–H and O–H groups in total. The molecular weight excluding hydrogens is 184 g/mol. The van der Waals surface area contributed by atoms with Gasteiger partial charge in [0.25, 0.3) is 0 Å². The van der Waals surface area contributed by atoms with Gasteiger partial charge in [-0.25, -0.2) is 4.79 Å². The summed E-state index contributed by atoms with van der Waals surface area (Å²) >= 11 is 0. The number of rotatable bonds is 3. The average Bonchev–Trinajstić information content (AvgIpc) is 2.79. The molecule has 0 aromatic rings. The monoisotopic (exact) mass is 200 g/mol. The highest BCUT2D eigenvalue weighted by molar-refractivity contribution is 5.70. The van der Waals surface area contributed by atoms with E-state index in [1.807, 2.05) is 0 Å². The fourth-order valence-electron chi connectivity index (χ4n) is 2.01. The molecule has 0 bridgehead atoms. The minimum Gasteiger partial charge on any atom is -0.447 e. The van der Waals surface area contributed by atoms with Crippen LogP contribution < -0.4 is 5.32 Å². The SMILES string of the molecule is O=C1OCC(CO)N1CC1CCNC1. The van der Waals surface area contributed by atoms with Gasteiger partial charge < -0.3 is 15.2 Å². The van der Waals surface area contributed by atoms with E-state index >= 15 is 0 Å². The summed E-state index contributed by atoms with van der Waals surface area (Å²) < 4.78 is 4.89. The van der Waals surface area contributed by atoms with Crippen LogP contribution in [-0.4, -0.2) is 55.0 Å². The highest BCUT2D eigenvalue weighted by Gasteiger charge is 2.34. The zero-order chi connectivity index (χ0) is 9.97. The van der Waals surface area contributed by atoms with Gasteiger partial charge in [-0.1, -0.05) is 0 Å². The summed E-state index contributed by atoms with van der Waals surface area (Å²) in [7, 11) is 0. The minimum absolute atomic E-state index is 0.00805. The fourth-order valence-corrected chi connectivity index (χ4v) is 2.01. The van der Waals surface area contributed by atoms with Gasteiger partial charge in [0.1, 0.15) is 6.61 Å².